The van der Waals surface area contributed by atoms with Crippen molar-refractivity contribution >= 4 is 11.6 Å². The van der Waals surface area contributed by atoms with Crippen LogP contribution in [0.1, 0.15) is 38.5 Å². The van der Waals surface area contributed by atoms with Crippen molar-refractivity contribution in [3.63, 3.8) is 0 Å². The second-order valence-corrected chi connectivity index (χ2v) is 5.32. The molecule has 110 valence electrons. The molecule has 20 heavy (non-hydrogen) atoms. The van der Waals surface area contributed by atoms with Crippen LogP contribution >= 0.6 is 0 Å². The topological polar surface area (TPSA) is 47.6 Å². The Kier molecular flexibility index (Phi) is 5.27. The van der Waals surface area contributed by atoms with Gasteiger partial charge in [-0.25, -0.2) is 0 Å². The van der Waals surface area contributed by atoms with Crippen LogP contribution in [0.2, 0.25) is 0 Å². The molecule has 0 radical (unpaired) electrons. The van der Waals surface area contributed by atoms with Gasteiger partial charge in [0.1, 0.15) is 11.5 Å². The number of ether oxygens (including phenoxy) is 2. The fraction of sp³-hybridized carbons (Fsp3) is 0.562. The molecule has 1 aliphatic rings. The first-order chi connectivity index (χ1) is 9.72. The molecule has 0 unspecified atom stereocenters. The summed E-state index contributed by atoms with van der Waals surface area (Å²) in [5.41, 5.74) is 0.703. The highest BCUT2D eigenvalue weighted by Crippen LogP contribution is 2.30. The van der Waals surface area contributed by atoms with E-state index in [-0.39, 0.29) is 5.91 Å². The predicted molar refractivity (Wildman–Crippen MR) is 79.4 cm³/mol. The first-order valence-corrected chi connectivity index (χ1v) is 7.25. The van der Waals surface area contributed by atoms with Gasteiger partial charge < -0.3 is 14.8 Å². The van der Waals surface area contributed by atoms with E-state index in [4.69, 9.17) is 9.47 Å². The summed E-state index contributed by atoms with van der Waals surface area (Å²) >= 11 is 0. The van der Waals surface area contributed by atoms with Gasteiger partial charge in [-0.2, -0.15) is 0 Å². The molecule has 1 N–H and O–H groups in total. The molecule has 0 bridgehead atoms. The van der Waals surface area contributed by atoms with E-state index in [2.05, 4.69) is 5.32 Å². The SMILES string of the molecule is COc1ccc(NC(=O)CC2CCCCC2)c(OC)c1. The Balaban J connectivity index is 1.96. The van der Waals surface area contributed by atoms with Crippen LogP contribution in [0, 0.1) is 5.92 Å². The fourth-order valence-corrected chi connectivity index (χ4v) is 2.76. The molecule has 4 nitrogen and oxygen atoms in total. The number of anilines is 1. The van der Waals surface area contributed by atoms with Crippen molar-refractivity contribution in [1.82, 2.24) is 0 Å². The molecule has 0 saturated heterocycles. The Hall–Kier alpha value is -1.71. The molecule has 0 atom stereocenters. The highest BCUT2D eigenvalue weighted by Gasteiger charge is 2.18. The zero-order valence-electron chi connectivity index (χ0n) is 12.3. The molecule has 1 fully saturated rings. The third kappa shape index (κ3) is 3.89. The smallest absolute Gasteiger partial charge is 0.224 e. The van der Waals surface area contributed by atoms with Crippen LogP contribution in [0.5, 0.6) is 11.5 Å². The first kappa shape index (κ1) is 14.7. The summed E-state index contributed by atoms with van der Waals surface area (Å²) < 4.78 is 10.4. The lowest BCUT2D eigenvalue weighted by atomic mass is 9.87. The number of benzene rings is 1. The number of methoxy groups -OCH3 is 2. The lowest BCUT2D eigenvalue weighted by Gasteiger charge is -2.21. The Bertz CT molecular complexity index is 453. The Morgan fingerprint density at radius 1 is 1.20 bits per heavy atom. The van der Waals surface area contributed by atoms with E-state index in [0.717, 1.165) is 0 Å². The number of rotatable bonds is 5. The molecule has 0 aromatic heterocycles. The molecular weight excluding hydrogens is 254 g/mol. The number of carbonyl (C=O) groups excluding carboxylic acids is 1. The number of hydrogen-bond acceptors (Lipinski definition) is 3. The molecule has 1 saturated carbocycles. The minimum atomic E-state index is 0.0698. The van der Waals surface area contributed by atoms with Crippen LogP contribution in [-0.4, -0.2) is 20.1 Å². The van der Waals surface area contributed by atoms with Crippen LogP contribution in [0.25, 0.3) is 0 Å². The maximum atomic E-state index is 12.1. The largest absolute Gasteiger partial charge is 0.497 e. The van der Waals surface area contributed by atoms with Crippen molar-refractivity contribution in [1.29, 1.82) is 0 Å². The Labute approximate surface area is 120 Å². The molecule has 2 rings (SSSR count). The zero-order valence-corrected chi connectivity index (χ0v) is 12.3. The van der Waals surface area contributed by atoms with Crippen molar-refractivity contribution in [2.24, 2.45) is 5.92 Å². The van der Waals surface area contributed by atoms with Crippen LogP contribution in [0.3, 0.4) is 0 Å². The van der Waals surface area contributed by atoms with E-state index in [1.54, 1.807) is 20.3 Å². The summed E-state index contributed by atoms with van der Waals surface area (Å²) in [5, 5.41) is 2.94. The van der Waals surface area contributed by atoms with Gasteiger partial charge in [0.05, 0.1) is 19.9 Å². The monoisotopic (exact) mass is 277 g/mol. The van der Waals surface area contributed by atoms with Crippen LogP contribution in [0.4, 0.5) is 5.69 Å². The third-order valence-corrected chi connectivity index (χ3v) is 3.88. The second-order valence-electron chi connectivity index (χ2n) is 5.32. The number of amides is 1. The summed E-state index contributed by atoms with van der Waals surface area (Å²) in [6, 6.07) is 5.41. The summed E-state index contributed by atoms with van der Waals surface area (Å²) in [7, 11) is 3.20. The van der Waals surface area contributed by atoms with E-state index in [9.17, 15) is 4.79 Å². The van der Waals surface area contributed by atoms with Crippen molar-refractivity contribution in [3.8, 4) is 11.5 Å². The van der Waals surface area contributed by atoms with Gasteiger partial charge in [-0.05, 0) is 30.9 Å². The van der Waals surface area contributed by atoms with E-state index in [0.29, 0.717) is 29.5 Å². The van der Waals surface area contributed by atoms with Crippen molar-refractivity contribution < 1.29 is 14.3 Å². The lowest BCUT2D eigenvalue weighted by Crippen LogP contribution is -2.18. The van der Waals surface area contributed by atoms with Crippen LogP contribution in [-0.2, 0) is 4.79 Å². The Morgan fingerprint density at radius 2 is 1.95 bits per heavy atom. The van der Waals surface area contributed by atoms with E-state index in [1.807, 2.05) is 12.1 Å². The average Bonchev–Trinajstić information content (AvgIpc) is 2.48. The average molecular weight is 277 g/mol. The molecule has 1 aromatic carbocycles. The van der Waals surface area contributed by atoms with E-state index >= 15 is 0 Å². The summed E-state index contributed by atoms with van der Waals surface area (Å²) in [5.74, 6) is 1.95. The van der Waals surface area contributed by atoms with Gasteiger partial charge in [0.15, 0.2) is 0 Å². The molecular formula is C16H23NO3. The molecule has 1 amide bonds. The molecule has 0 aliphatic heterocycles. The molecule has 4 heteroatoms. The van der Waals surface area contributed by atoms with E-state index < -0.39 is 0 Å². The summed E-state index contributed by atoms with van der Waals surface area (Å²) in [4.78, 5) is 12.1. The van der Waals surface area contributed by atoms with Crippen LogP contribution in [0.15, 0.2) is 18.2 Å². The van der Waals surface area contributed by atoms with Gasteiger partial charge in [0, 0.05) is 12.5 Å². The maximum Gasteiger partial charge on any atom is 0.224 e. The van der Waals surface area contributed by atoms with Gasteiger partial charge in [0.25, 0.3) is 0 Å². The normalized spacial score (nSPS) is 15.7. The number of hydrogen-bond donors (Lipinski definition) is 1. The summed E-state index contributed by atoms with van der Waals surface area (Å²) in [6.07, 6.45) is 6.77. The third-order valence-electron chi connectivity index (χ3n) is 3.88. The van der Waals surface area contributed by atoms with Crippen molar-refractivity contribution in [2.45, 2.75) is 38.5 Å². The molecule has 0 spiro atoms. The molecule has 0 heterocycles. The standard InChI is InChI=1S/C16H23NO3/c1-19-13-8-9-14(15(11-13)20-2)17-16(18)10-12-6-4-3-5-7-12/h8-9,11-12H,3-7,10H2,1-2H3,(H,17,18). The van der Waals surface area contributed by atoms with Gasteiger partial charge in [-0.15, -0.1) is 0 Å². The maximum absolute atomic E-state index is 12.1. The van der Waals surface area contributed by atoms with Crippen molar-refractivity contribution in [3.05, 3.63) is 18.2 Å². The molecule has 1 aliphatic carbocycles. The van der Waals surface area contributed by atoms with Crippen molar-refractivity contribution in [2.75, 3.05) is 19.5 Å². The van der Waals surface area contributed by atoms with Gasteiger partial charge in [-0.3, -0.25) is 4.79 Å². The number of carbonyl (C=O) groups is 1. The van der Waals surface area contributed by atoms with Gasteiger partial charge in [0.2, 0.25) is 5.91 Å². The summed E-state index contributed by atoms with van der Waals surface area (Å²) in [6.45, 7) is 0. The van der Waals surface area contributed by atoms with E-state index in [1.165, 1.54) is 32.1 Å². The first-order valence-electron chi connectivity index (χ1n) is 7.25. The second kappa shape index (κ2) is 7.17. The Morgan fingerprint density at radius 3 is 2.60 bits per heavy atom. The predicted octanol–water partition coefficient (Wildman–Crippen LogP) is 3.61. The molecule has 1 aromatic rings. The highest BCUT2D eigenvalue weighted by atomic mass is 16.5. The minimum absolute atomic E-state index is 0.0698. The van der Waals surface area contributed by atoms with Gasteiger partial charge >= 0.3 is 0 Å². The zero-order chi connectivity index (χ0) is 14.4. The number of nitrogens with one attached hydrogen (secondary N) is 1. The highest BCUT2D eigenvalue weighted by molar-refractivity contribution is 5.92. The minimum Gasteiger partial charge on any atom is -0.497 e. The quantitative estimate of drug-likeness (QED) is 0.894. The lowest BCUT2D eigenvalue weighted by molar-refractivity contribution is -0.117. The fourth-order valence-electron chi connectivity index (χ4n) is 2.76. The van der Waals surface area contributed by atoms with Crippen LogP contribution < -0.4 is 14.8 Å². The van der Waals surface area contributed by atoms with Gasteiger partial charge in [-0.1, -0.05) is 19.3 Å².